The van der Waals surface area contributed by atoms with E-state index in [1.54, 1.807) is 18.2 Å². The maximum atomic E-state index is 12.3. The molecule has 0 spiro atoms. The van der Waals surface area contributed by atoms with Crippen molar-refractivity contribution in [1.82, 2.24) is 0 Å². The van der Waals surface area contributed by atoms with Gasteiger partial charge >= 0.3 is 0 Å². The molecule has 0 heterocycles. The van der Waals surface area contributed by atoms with Crippen molar-refractivity contribution in [3.8, 4) is 11.5 Å². The lowest BCUT2D eigenvalue weighted by molar-refractivity contribution is -0.123. The molecular weight excluding hydrogens is 352 g/mol. The van der Waals surface area contributed by atoms with Crippen molar-refractivity contribution >= 4 is 23.2 Å². The molecule has 5 heteroatoms. The summed E-state index contributed by atoms with van der Waals surface area (Å²) in [5.74, 6) is 0.390. The molecule has 28 heavy (non-hydrogen) atoms. The summed E-state index contributed by atoms with van der Waals surface area (Å²) in [4.78, 5) is 24.5. The average Bonchev–Trinajstić information content (AvgIpc) is 2.67. The molecule has 0 bridgehead atoms. The zero-order valence-corrected chi connectivity index (χ0v) is 15.9. The van der Waals surface area contributed by atoms with Gasteiger partial charge in [-0.1, -0.05) is 36.4 Å². The van der Waals surface area contributed by atoms with Gasteiger partial charge in [0.05, 0.1) is 5.69 Å². The van der Waals surface area contributed by atoms with Crippen LogP contribution in [-0.4, -0.2) is 11.8 Å². The number of benzene rings is 3. The van der Waals surface area contributed by atoms with Gasteiger partial charge in [0.1, 0.15) is 12.2 Å². The summed E-state index contributed by atoms with van der Waals surface area (Å²) in [6.07, 6.45) is -0.285. The molecule has 3 aromatic carbocycles. The molecule has 0 aliphatic carbocycles. The number of carbonyl (C=O) groups is 2. The zero-order valence-electron chi connectivity index (χ0n) is 15.9. The van der Waals surface area contributed by atoms with E-state index in [2.05, 4.69) is 10.6 Å². The summed E-state index contributed by atoms with van der Waals surface area (Å²) in [7, 11) is 0. The highest BCUT2D eigenvalue weighted by atomic mass is 16.5. The third-order valence-electron chi connectivity index (χ3n) is 4.24. The lowest BCUT2D eigenvalue weighted by atomic mass is 10.1. The summed E-state index contributed by atoms with van der Waals surface area (Å²) < 4.78 is 5.82. The molecule has 0 saturated heterocycles. The van der Waals surface area contributed by atoms with Gasteiger partial charge in [-0.25, -0.2) is 0 Å². The van der Waals surface area contributed by atoms with E-state index < -0.39 is 5.91 Å². The monoisotopic (exact) mass is 374 g/mol. The van der Waals surface area contributed by atoms with Gasteiger partial charge in [-0.15, -0.1) is 0 Å². The lowest BCUT2D eigenvalue weighted by Crippen LogP contribution is -2.21. The number of ether oxygens (including phenoxy) is 1. The zero-order chi connectivity index (χ0) is 19.9. The van der Waals surface area contributed by atoms with Gasteiger partial charge in [-0.3, -0.25) is 9.59 Å². The number of nitrogens with one attached hydrogen (secondary N) is 2. The van der Waals surface area contributed by atoms with Crippen LogP contribution in [0.1, 0.15) is 17.5 Å². The molecule has 0 radical (unpaired) electrons. The van der Waals surface area contributed by atoms with Gasteiger partial charge < -0.3 is 15.4 Å². The lowest BCUT2D eigenvalue weighted by Gasteiger charge is -2.12. The van der Waals surface area contributed by atoms with Gasteiger partial charge in [0.25, 0.3) is 0 Å². The highest BCUT2D eigenvalue weighted by molar-refractivity contribution is 6.08. The molecule has 5 nitrogen and oxygen atoms in total. The van der Waals surface area contributed by atoms with E-state index in [0.717, 1.165) is 11.1 Å². The summed E-state index contributed by atoms with van der Waals surface area (Å²) in [6.45, 7) is 3.98. The number of anilines is 2. The third kappa shape index (κ3) is 5.20. The predicted molar refractivity (Wildman–Crippen MR) is 111 cm³/mol. The van der Waals surface area contributed by atoms with Crippen molar-refractivity contribution in [2.75, 3.05) is 10.6 Å². The molecule has 2 amide bonds. The van der Waals surface area contributed by atoms with Crippen molar-refractivity contribution in [2.45, 2.75) is 20.3 Å². The Bertz CT molecular complexity index is 984. The van der Waals surface area contributed by atoms with Crippen molar-refractivity contribution in [1.29, 1.82) is 0 Å². The first-order chi connectivity index (χ1) is 13.5. The van der Waals surface area contributed by atoms with Crippen LogP contribution in [0, 0.1) is 13.8 Å². The Labute approximate surface area is 164 Å². The average molecular weight is 374 g/mol. The van der Waals surface area contributed by atoms with Crippen molar-refractivity contribution in [3.05, 3.63) is 83.9 Å². The summed E-state index contributed by atoms with van der Waals surface area (Å²) in [5.41, 5.74) is 3.41. The highest BCUT2D eigenvalue weighted by Gasteiger charge is 2.13. The Hall–Kier alpha value is -3.60. The Morgan fingerprint density at radius 3 is 2.21 bits per heavy atom. The number of hydrogen-bond acceptors (Lipinski definition) is 3. The summed E-state index contributed by atoms with van der Waals surface area (Å²) in [6, 6.07) is 22.0. The Balaban J connectivity index is 1.61. The molecule has 0 aliphatic rings. The van der Waals surface area contributed by atoms with E-state index in [4.69, 9.17) is 4.74 Å². The topological polar surface area (TPSA) is 67.4 Å². The van der Waals surface area contributed by atoms with Crippen LogP contribution in [0.4, 0.5) is 11.4 Å². The van der Waals surface area contributed by atoms with Gasteiger partial charge in [0.2, 0.25) is 11.8 Å². The smallest absolute Gasteiger partial charge is 0.233 e. The van der Waals surface area contributed by atoms with Gasteiger partial charge in [0, 0.05) is 5.69 Å². The fourth-order valence-electron chi connectivity index (χ4n) is 2.64. The second kappa shape index (κ2) is 8.86. The molecule has 0 saturated carbocycles. The number of carbonyl (C=O) groups excluding carboxylic acids is 2. The van der Waals surface area contributed by atoms with Gasteiger partial charge in [-0.05, 0) is 61.4 Å². The van der Waals surface area contributed by atoms with E-state index in [1.807, 2.05) is 68.4 Å². The number of rotatable bonds is 6. The summed E-state index contributed by atoms with van der Waals surface area (Å²) in [5, 5.41) is 5.49. The van der Waals surface area contributed by atoms with Crippen LogP contribution in [0.2, 0.25) is 0 Å². The van der Waals surface area contributed by atoms with Crippen molar-refractivity contribution in [2.24, 2.45) is 0 Å². The first-order valence-electron chi connectivity index (χ1n) is 9.00. The standard InChI is InChI=1S/C23H22N2O3/c1-16-12-13-18(14-17(16)2)24-22(26)15-23(27)25-20-10-6-7-11-21(20)28-19-8-4-3-5-9-19/h3-14H,15H2,1-2H3,(H,24,26)(H,25,27). The van der Waals surface area contributed by atoms with Crippen LogP contribution < -0.4 is 15.4 Å². The first kappa shape index (κ1) is 19.2. The Morgan fingerprint density at radius 2 is 1.46 bits per heavy atom. The number of amides is 2. The Kier molecular flexibility index (Phi) is 6.07. The molecule has 0 aliphatic heterocycles. The maximum Gasteiger partial charge on any atom is 0.233 e. The number of aryl methyl sites for hydroxylation is 2. The van der Waals surface area contributed by atoms with Gasteiger partial charge in [-0.2, -0.15) is 0 Å². The third-order valence-corrected chi connectivity index (χ3v) is 4.24. The van der Waals surface area contributed by atoms with Crippen LogP contribution in [0.3, 0.4) is 0 Å². The van der Waals surface area contributed by atoms with Crippen LogP contribution in [-0.2, 0) is 9.59 Å². The van der Waals surface area contributed by atoms with E-state index in [1.165, 1.54) is 0 Å². The second-order valence-corrected chi connectivity index (χ2v) is 6.48. The van der Waals surface area contributed by atoms with Crippen molar-refractivity contribution in [3.63, 3.8) is 0 Å². The molecule has 0 unspecified atom stereocenters. The van der Waals surface area contributed by atoms with E-state index in [0.29, 0.717) is 22.9 Å². The second-order valence-electron chi connectivity index (χ2n) is 6.48. The highest BCUT2D eigenvalue weighted by Crippen LogP contribution is 2.29. The van der Waals surface area contributed by atoms with Crippen molar-refractivity contribution < 1.29 is 14.3 Å². The molecule has 3 aromatic rings. The van der Waals surface area contributed by atoms with E-state index in [9.17, 15) is 9.59 Å². The molecular formula is C23H22N2O3. The molecule has 3 rings (SSSR count). The normalized spacial score (nSPS) is 10.2. The quantitative estimate of drug-likeness (QED) is 0.593. The first-order valence-corrected chi connectivity index (χ1v) is 9.00. The fraction of sp³-hybridized carbons (Fsp3) is 0.130. The predicted octanol–water partition coefficient (Wildman–Crippen LogP) is 5.06. The minimum atomic E-state index is -0.412. The minimum absolute atomic E-state index is 0.285. The maximum absolute atomic E-state index is 12.3. The van der Waals surface area contributed by atoms with Crippen LogP contribution in [0.15, 0.2) is 72.8 Å². The SMILES string of the molecule is Cc1ccc(NC(=O)CC(=O)Nc2ccccc2Oc2ccccc2)cc1C. The molecule has 0 aromatic heterocycles. The molecule has 0 atom stereocenters. The van der Waals surface area contributed by atoms with Gasteiger partial charge in [0.15, 0.2) is 5.75 Å². The van der Waals surface area contributed by atoms with Crippen LogP contribution in [0.5, 0.6) is 11.5 Å². The molecule has 142 valence electrons. The number of hydrogen-bond donors (Lipinski definition) is 2. The minimum Gasteiger partial charge on any atom is -0.455 e. The Morgan fingerprint density at radius 1 is 0.786 bits per heavy atom. The van der Waals surface area contributed by atoms with E-state index >= 15 is 0 Å². The number of para-hydroxylation sites is 3. The van der Waals surface area contributed by atoms with Crippen LogP contribution >= 0.6 is 0 Å². The fourth-order valence-corrected chi connectivity index (χ4v) is 2.64. The van der Waals surface area contributed by atoms with Crippen LogP contribution in [0.25, 0.3) is 0 Å². The largest absolute Gasteiger partial charge is 0.455 e. The molecule has 2 N–H and O–H groups in total. The summed E-state index contributed by atoms with van der Waals surface area (Å²) >= 11 is 0. The molecule has 0 fully saturated rings. The van der Waals surface area contributed by atoms with E-state index in [-0.39, 0.29) is 12.3 Å².